The first kappa shape index (κ1) is 12.9. The van der Waals surface area contributed by atoms with Crippen LogP contribution in [0.15, 0.2) is 0 Å². The summed E-state index contributed by atoms with van der Waals surface area (Å²) in [4.78, 5) is 11.5. The maximum atomic E-state index is 11.5. The van der Waals surface area contributed by atoms with E-state index in [9.17, 15) is 4.79 Å². The Balaban J connectivity index is 2.06. The number of carbonyl (C=O) groups is 1. The van der Waals surface area contributed by atoms with Gasteiger partial charge in [-0.1, -0.05) is 0 Å². The number of ketones is 1. The van der Waals surface area contributed by atoms with Gasteiger partial charge in [0.15, 0.2) is 5.78 Å². The molecule has 1 aliphatic rings. The van der Waals surface area contributed by atoms with Crippen molar-refractivity contribution >= 4 is 34.1 Å². The Morgan fingerprint density at radius 1 is 1.59 bits per heavy atom. The van der Waals surface area contributed by atoms with E-state index in [1.807, 2.05) is 18.7 Å². The smallest absolute Gasteiger partial charge is 0.164 e. The van der Waals surface area contributed by atoms with Crippen molar-refractivity contribution in [2.75, 3.05) is 17.6 Å². The lowest BCUT2D eigenvalue weighted by Crippen LogP contribution is -2.27. The molecule has 2 rings (SSSR count). The van der Waals surface area contributed by atoms with Crippen molar-refractivity contribution < 1.29 is 4.79 Å². The lowest BCUT2D eigenvalue weighted by atomic mass is 10.1. The first-order valence-electron chi connectivity index (χ1n) is 5.87. The molecule has 2 heterocycles. The van der Waals surface area contributed by atoms with E-state index in [0.29, 0.717) is 4.75 Å². The van der Waals surface area contributed by atoms with Crippen molar-refractivity contribution in [3.63, 3.8) is 0 Å². The average molecular weight is 270 g/mol. The summed E-state index contributed by atoms with van der Waals surface area (Å²) in [5, 5.41) is 4.35. The fourth-order valence-corrected chi connectivity index (χ4v) is 4.23. The molecule has 0 aliphatic carbocycles. The molecule has 1 N–H and O–H groups in total. The van der Waals surface area contributed by atoms with Crippen molar-refractivity contribution in [3.05, 3.63) is 11.3 Å². The van der Waals surface area contributed by atoms with Crippen LogP contribution in [-0.2, 0) is 0 Å². The number of aryl methyl sites for hydroxylation is 1. The summed E-state index contributed by atoms with van der Waals surface area (Å²) >= 11 is 3.42. The van der Waals surface area contributed by atoms with Crippen molar-refractivity contribution in [3.8, 4) is 0 Å². The van der Waals surface area contributed by atoms with Gasteiger partial charge in [-0.05, 0) is 50.9 Å². The zero-order chi connectivity index (χ0) is 12.5. The molecule has 0 radical (unpaired) electrons. The zero-order valence-corrected chi connectivity index (χ0v) is 12.1. The number of nitrogens with one attached hydrogen (secondary N) is 1. The molecule has 0 aromatic carbocycles. The van der Waals surface area contributed by atoms with Gasteiger partial charge in [0, 0.05) is 11.3 Å². The third-order valence-electron chi connectivity index (χ3n) is 3.14. The molecule has 17 heavy (non-hydrogen) atoms. The molecule has 5 heteroatoms. The van der Waals surface area contributed by atoms with E-state index in [-0.39, 0.29) is 5.78 Å². The first-order chi connectivity index (χ1) is 8.02. The SMILES string of the molecule is CC(=O)c1c(C)nsc1NCC1(C)CCCS1. The molecule has 0 amide bonds. The lowest BCUT2D eigenvalue weighted by Gasteiger charge is -2.23. The van der Waals surface area contributed by atoms with Gasteiger partial charge in [-0.3, -0.25) is 4.79 Å². The van der Waals surface area contributed by atoms with Crippen molar-refractivity contribution in [1.82, 2.24) is 4.37 Å². The molecule has 1 aliphatic heterocycles. The van der Waals surface area contributed by atoms with E-state index in [4.69, 9.17) is 0 Å². The average Bonchev–Trinajstić information content (AvgIpc) is 2.83. The van der Waals surface area contributed by atoms with E-state index in [1.54, 1.807) is 6.92 Å². The number of rotatable bonds is 4. The van der Waals surface area contributed by atoms with Crippen LogP contribution in [0.3, 0.4) is 0 Å². The van der Waals surface area contributed by atoms with Gasteiger partial charge in [0.1, 0.15) is 5.00 Å². The molecule has 1 aromatic rings. The predicted octanol–water partition coefficient (Wildman–Crippen LogP) is 3.35. The van der Waals surface area contributed by atoms with Crippen LogP contribution >= 0.6 is 23.3 Å². The second-order valence-corrected chi connectivity index (χ2v) is 7.24. The normalized spacial score (nSPS) is 23.9. The fraction of sp³-hybridized carbons (Fsp3) is 0.667. The topological polar surface area (TPSA) is 42.0 Å². The Hall–Kier alpha value is -0.550. The highest BCUT2D eigenvalue weighted by Crippen LogP contribution is 2.38. The third kappa shape index (κ3) is 2.83. The van der Waals surface area contributed by atoms with Crippen LogP contribution in [0, 0.1) is 6.92 Å². The molecular weight excluding hydrogens is 252 g/mol. The molecule has 1 saturated heterocycles. The molecule has 1 fully saturated rings. The van der Waals surface area contributed by atoms with Gasteiger partial charge in [-0.2, -0.15) is 16.1 Å². The number of Topliss-reactive ketones (excluding diaryl/α,β-unsaturated/α-hetero) is 1. The highest BCUT2D eigenvalue weighted by atomic mass is 32.2. The molecular formula is C12H18N2OS2. The Kier molecular flexibility index (Phi) is 3.78. The van der Waals surface area contributed by atoms with Crippen molar-refractivity contribution in [2.45, 2.75) is 38.4 Å². The summed E-state index contributed by atoms with van der Waals surface area (Å²) in [7, 11) is 0. The Morgan fingerprint density at radius 2 is 2.35 bits per heavy atom. The molecule has 0 spiro atoms. The quantitative estimate of drug-likeness (QED) is 0.852. The van der Waals surface area contributed by atoms with Crippen LogP contribution in [0.1, 0.15) is 42.7 Å². The van der Waals surface area contributed by atoms with Crippen molar-refractivity contribution in [2.24, 2.45) is 0 Å². The van der Waals surface area contributed by atoms with Crippen LogP contribution in [0.25, 0.3) is 0 Å². The van der Waals surface area contributed by atoms with Crippen LogP contribution in [0.5, 0.6) is 0 Å². The summed E-state index contributed by atoms with van der Waals surface area (Å²) < 4.78 is 4.57. The molecule has 1 aromatic heterocycles. The third-order valence-corrected chi connectivity index (χ3v) is 5.57. The van der Waals surface area contributed by atoms with Gasteiger partial charge >= 0.3 is 0 Å². The number of hydrogen-bond donors (Lipinski definition) is 1. The number of aromatic nitrogens is 1. The highest BCUT2D eigenvalue weighted by molar-refractivity contribution is 8.00. The van der Waals surface area contributed by atoms with Crippen LogP contribution < -0.4 is 5.32 Å². The fourth-order valence-electron chi connectivity index (χ4n) is 2.15. The maximum Gasteiger partial charge on any atom is 0.164 e. The second-order valence-electron chi connectivity index (χ2n) is 4.78. The van der Waals surface area contributed by atoms with E-state index in [0.717, 1.165) is 22.8 Å². The standard InChI is InChI=1S/C12H18N2OS2/c1-8-10(9(2)15)11(17-14-8)13-7-12(3)5-4-6-16-12/h13H,4-7H2,1-3H3. The number of nitrogens with zero attached hydrogens (tertiary/aromatic N) is 1. The second kappa shape index (κ2) is 4.98. The summed E-state index contributed by atoms with van der Waals surface area (Å²) in [6.07, 6.45) is 2.54. The minimum absolute atomic E-state index is 0.1000. The maximum absolute atomic E-state index is 11.5. The van der Waals surface area contributed by atoms with Crippen molar-refractivity contribution in [1.29, 1.82) is 0 Å². The number of carbonyl (C=O) groups excluding carboxylic acids is 1. The van der Waals surface area contributed by atoms with Gasteiger partial charge in [-0.25, -0.2) is 0 Å². The predicted molar refractivity (Wildman–Crippen MR) is 75.4 cm³/mol. The number of thioether (sulfide) groups is 1. The van der Waals surface area contributed by atoms with E-state index >= 15 is 0 Å². The summed E-state index contributed by atoms with van der Waals surface area (Å²) in [6, 6.07) is 0. The molecule has 0 bridgehead atoms. The Morgan fingerprint density at radius 3 is 2.94 bits per heavy atom. The minimum atomic E-state index is 0.1000. The van der Waals surface area contributed by atoms with Gasteiger partial charge in [0.2, 0.25) is 0 Å². The van der Waals surface area contributed by atoms with E-state index < -0.39 is 0 Å². The van der Waals surface area contributed by atoms with Crippen LogP contribution in [-0.4, -0.2) is 27.2 Å². The number of anilines is 1. The monoisotopic (exact) mass is 270 g/mol. The van der Waals surface area contributed by atoms with Gasteiger partial charge < -0.3 is 5.32 Å². The summed E-state index contributed by atoms with van der Waals surface area (Å²) in [6.45, 7) is 6.71. The highest BCUT2D eigenvalue weighted by Gasteiger charge is 2.29. The summed E-state index contributed by atoms with van der Waals surface area (Å²) in [5.41, 5.74) is 1.61. The number of hydrogen-bond acceptors (Lipinski definition) is 5. The van der Waals surface area contributed by atoms with Crippen LogP contribution in [0.4, 0.5) is 5.00 Å². The molecule has 1 unspecified atom stereocenters. The Labute approximate surface area is 111 Å². The zero-order valence-electron chi connectivity index (χ0n) is 10.5. The van der Waals surface area contributed by atoms with Gasteiger partial charge in [0.25, 0.3) is 0 Å². The minimum Gasteiger partial charge on any atom is -0.374 e. The molecule has 3 nitrogen and oxygen atoms in total. The van der Waals surface area contributed by atoms with Gasteiger partial charge in [0.05, 0.1) is 11.3 Å². The molecule has 0 saturated carbocycles. The Bertz CT molecular complexity index is 422. The van der Waals surface area contributed by atoms with E-state index in [2.05, 4.69) is 16.6 Å². The molecule has 1 atom stereocenters. The first-order valence-corrected chi connectivity index (χ1v) is 7.63. The molecule has 94 valence electrons. The lowest BCUT2D eigenvalue weighted by molar-refractivity contribution is 0.101. The van der Waals surface area contributed by atoms with E-state index in [1.165, 1.54) is 30.1 Å². The summed E-state index contributed by atoms with van der Waals surface area (Å²) in [5.74, 6) is 1.35. The van der Waals surface area contributed by atoms with Gasteiger partial charge in [-0.15, -0.1) is 0 Å². The van der Waals surface area contributed by atoms with Crippen LogP contribution in [0.2, 0.25) is 0 Å². The largest absolute Gasteiger partial charge is 0.374 e.